The molecule has 96 valence electrons. The van der Waals surface area contributed by atoms with Gasteiger partial charge < -0.3 is 10.0 Å². The van der Waals surface area contributed by atoms with Crippen molar-refractivity contribution in [2.75, 3.05) is 26.2 Å². The van der Waals surface area contributed by atoms with Gasteiger partial charge in [0.15, 0.2) is 0 Å². The first-order chi connectivity index (χ1) is 8.16. The fraction of sp³-hybridized carbons (Fsp3) is 0.833. The van der Waals surface area contributed by atoms with Crippen molar-refractivity contribution in [3.05, 3.63) is 0 Å². The average molecular weight is 240 g/mol. The summed E-state index contributed by atoms with van der Waals surface area (Å²) in [5.41, 5.74) is 0. The van der Waals surface area contributed by atoms with E-state index in [1.54, 1.807) is 0 Å². The second-order valence-electron chi connectivity index (χ2n) is 4.90. The minimum atomic E-state index is -0.823. The van der Waals surface area contributed by atoms with Crippen LogP contribution in [0.3, 0.4) is 0 Å². The Morgan fingerprint density at radius 3 is 2.24 bits per heavy atom. The Bertz CT molecular complexity index is 294. The molecule has 1 N–H and O–H groups in total. The molecule has 0 atom stereocenters. The molecule has 5 nitrogen and oxygen atoms in total. The molecule has 0 unspecified atom stereocenters. The number of hydrogen-bond donors (Lipinski definition) is 1. The molecule has 0 aromatic heterocycles. The fourth-order valence-electron chi connectivity index (χ4n) is 2.33. The van der Waals surface area contributed by atoms with Crippen LogP contribution in [0.25, 0.3) is 0 Å². The lowest BCUT2D eigenvalue weighted by Crippen LogP contribution is -2.49. The number of carbonyl (C=O) groups is 2. The van der Waals surface area contributed by atoms with Gasteiger partial charge in [0, 0.05) is 45.1 Å². The van der Waals surface area contributed by atoms with Gasteiger partial charge >= 0.3 is 5.97 Å². The highest BCUT2D eigenvalue weighted by molar-refractivity contribution is 5.77. The van der Waals surface area contributed by atoms with Gasteiger partial charge in [-0.3, -0.25) is 14.5 Å². The maximum atomic E-state index is 11.8. The van der Waals surface area contributed by atoms with Gasteiger partial charge in [-0.1, -0.05) is 0 Å². The Morgan fingerprint density at radius 1 is 1.06 bits per heavy atom. The summed E-state index contributed by atoms with van der Waals surface area (Å²) in [7, 11) is 0. The number of carbonyl (C=O) groups excluding carboxylic acids is 1. The van der Waals surface area contributed by atoms with Crippen LogP contribution >= 0.6 is 0 Å². The van der Waals surface area contributed by atoms with Crippen LogP contribution in [0.4, 0.5) is 0 Å². The molecule has 1 aliphatic heterocycles. The van der Waals surface area contributed by atoms with Gasteiger partial charge in [0.1, 0.15) is 0 Å². The second kappa shape index (κ2) is 5.49. The molecule has 1 aliphatic carbocycles. The van der Waals surface area contributed by atoms with E-state index in [0.717, 1.165) is 32.2 Å². The van der Waals surface area contributed by atoms with Crippen molar-refractivity contribution < 1.29 is 14.7 Å². The Balaban J connectivity index is 1.65. The SMILES string of the molecule is O=C(O)CCCC(=O)N1CCN(C2CC2)CC1. The highest BCUT2D eigenvalue weighted by atomic mass is 16.4. The summed E-state index contributed by atoms with van der Waals surface area (Å²) < 4.78 is 0. The molecule has 2 aliphatic rings. The predicted octanol–water partition coefficient (Wildman–Crippen LogP) is 0.548. The van der Waals surface area contributed by atoms with Gasteiger partial charge in [0.05, 0.1) is 0 Å². The van der Waals surface area contributed by atoms with Crippen molar-refractivity contribution in [3.8, 4) is 0 Å². The van der Waals surface area contributed by atoms with Crippen molar-refractivity contribution in [1.82, 2.24) is 9.80 Å². The molecule has 1 saturated carbocycles. The summed E-state index contributed by atoms with van der Waals surface area (Å²) in [6.07, 6.45) is 3.54. The molecule has 0 bridgehead atoms. The molecule has 0 spiro atoms. The van der Waals surface area contributed by atoms with E-state index in [1.165, 1.54) is 12.8 Å². The molecule has 0 aromatic carbocycles. The van der Waals surface area contributed by atoms with E-state index in [9.17, 15) is 9.59 Å². The molecule has 2 fully saturated rings. The van der Waals surface area contributed by atoms with Crippen LogP contribution in [-0.2, 0) is 9.59 Å². The van der Waals surface area contributed by atoms with Crippen molar-refractivity contribution >= 4 is 11.9 Å². The maximum absolute atomic E-state index is 11.8. The van der Waals surface area contributed by atoms with Gasteiger partial charge in [0.25, 0.3) is 0 Å². The van der Waals surface area contributed by atoms with Crippen LogP contribution in [0.1, 0.15) is 32.1 Å². The van der Waals surface area contributed by atoms with Gasteiger partial charge in [-0.05, 0) is 19.3 Å². The molecular weight excluding hydrogens is 220 g/mol. The summed E-state index contributed by atoms with van der Waals surface area (Å²) in [6, 6.07) is 0.777. The smallest absolute Gasteiger partial charge is 0.303 e. The first-order valence-corrected chi connectivity index (χ1v) is 6.40. The summed E-state index contributed by atoms with van der Waals surface area (Å²) in [5, 5.41) is 8.51. The number of rotatable bonds is 5. The van der Waals surface area contributed by atoms with Crippen molar-refractivity contribution in [3.63, 3.8) is 0 Å². The lowest BCUT2D eigenvalue weighted by Gasteiger charge is -2.34. The monoisotopic (exact) mass is 240 g/mol. The zero-order valence-corrected chi connectivity index (χ0v) is 10.1. The topological polar surface area (TPSA) is 60.9 Å². The second-order valence-corrected chi connectivity index (χ2v) is 4.90. The average Bonchev–Trinajstić information content (AvgIpc) is 3.12. The lowest BCUT2D eigenvalue weighted by molar-refractivity contribution is -0.137. The molecule has 5 heteroatoms. The predicted molar refractivity (Wildman–Crippen MR) is 62.7 cm³/mol. The molecule has 0 radical (unpaired) electrons. The normalized spacial score (nSPS) is 21.5. The van der Waals surface area contributed by atoms with Gasteiger partial charge in [-0.2, -0.15) is 0 Å². The third kappa shape index (κ3) is 3.70. The van der Waals surface area contributed by atoms with E-state index in [0.29, 0.717) is 12.8 Å². The first-order valence-electron chi connectivity index (χ1n) is 6.40. The van der Waals surface area contributed by atoms with E-state index in [4.69, 9.17) is 5.11 Å². The van der Waals surface area contributed by atoms with E-state index >= 15 is 0 Å². The van der Waals surface area contributed by atoms with E-state index in [2.05, 4.69) is 4.90 Å². The van der Waals surface area contributed by atoms with Crippen LogP contribution in [0.5, 0.6) is 0 Å². The molecule has 17 heavy (non-hydrogen) atoms. The largest absolute Gasteiger partial charge is 0.481 e. The number of piperazine rings is 1. The summed E-state index contributed by atoms with van der Waals surface area (Å²) >= 11 is 0. The third-order valence-electron chi connectivity index (χ3n) is 3.51. The quantitative estimate of drug-likeness (QED) is 0.762. The summed E-state index contributed by atoms with van der Waals surface area (Å²) in [5.74, 6) is -0.710. The minimum Gasteiger partial charge on any atom is -0.481 e. The molecule has 0 aromatic rings. The van der Waals surface area contributed by atoms with Crippen molar-refractivity contribution in [2.24, 2.45) is 0 Å². The Morgan fingerprint density at radius 2 is 1.71 bits per heavy atom. The molecular formula is C12H20N2O3. The Kier molecular flexibility index (Phi) is 3.99. The highest BCUT2D eigenvalue weighted by Gasteiger charge is 2.31. The first kappa shape index (κ1) is 12.4. The van der Waals surface area contributed by atoms with E-state index in [-0.39, 0.29) is 12.3 Å². The van der Waals surface area contributed by atoms with Crippen molar-refractivity contribution in [1.29, 1.82) is 0 Å². The molecule has 2 rings (SSSR count). The molecule has 1 amide bonds. The third-order valence-corrected chi connectivity index (χ3v) is 3.51. The van der Waals surface area contributed by atoms with E-state index < -0.39 is 5.97 Å². The van der Waals surface area contributed by atoms with Crippen LogP contribution < -0.4 is 0 Å². The zero-order chi connectivity index (χ0) is 12.3. The highest BCUT2D eigenvalue weighted by Crippen LogP contribution is 2.27. The molecule has 1 heterocycles. The standard InChI is InChI=1S/C12H20N2O3/c15-11(2-1-3-12(16)17)14-8-6-13(7-9-14)10-4-5-10/h10H,1-9H2,(H,16,17). The van der Waals surface area contributed by atoms with Crippen molar-refractivity contribution in [2.45, 2.75) is 38.1 Å². The van der Waals surface area contributed by atoms with Gasteiger partial charge in [-0.15, -0.1) is 0 Å². The van der Waals surface area contributed by atoms with E-state index in [1.807, 2.05) is 4.90 Å². The van der Waals surface area contributed by atoms with Crippen LogP contribution in [0.15, 0.2) is 0 Å². The fourth-order valence-corrected chi connectivity index (χ4v) is 2.33. The number of carboxylic acid groups (broad SMARTS) is 1. The summed E-state index contributed by atoms with van der Waals surface area (Å²) in [6.45, 7) is 3.58. The molecule has 1 saturated heterocycles. The Hall–Kier alpha value is -1.10. The number of nitrogens with zero attached hydrogens (tertiary/aromatic N) is 2. The number of aliphatic carboxylic acids is 1. The Labute approximate surface area is 101 Å². The summed E-state index contributed by atoms with van der Waals surface area (Å²) in [4.78, 5) is 26.5. The van der Waals surface area contributed by atoms with Gasteiger partial charge in [0.2, 0.25) is 5.91 Å². The number of hydrogen-bond acceptors (Lipinski definition) is 3. The van der Waals surface area contributed by atoms with Crippen LogP contribution in [-0.4, -0.2) is 59.0 Å². The van der Waals surface area contributed by atoms with Gasteiger partial charge in [-0.25, -0.2) is 0 Å². The van der Waals surface area contributed by atoms with Crippen LogP contribution in [0.2, 0.25) is 0 Å². The van der Waals surface area contributed by atoms with Crippen LogP contribution in [0, 0.1) is 0 Å². The number of carboxylic acids is 1. The minimum absolute atomic E-state index is 0.0911. The lowest BCUT2D eigenvalue weighted by atomic mass is 10.2. The number of amides is 1. The zero-order valence-electron chi connectivity index (χ0n) is 10.1. The maximum Gasteiger partial charge on any atom is 0.303 e.